The molecule has 1 unspecified atom stereocenters. The van der Waals surface area contributed by atoms with Gasteiger partial charge in [0.05, 0.1) is 11.5 Å². The van der Waals surface area contributed by atoms with Gasteiger partial charge in [-0.2, -0.15) is 0 Å². The van der Waals surface area contributed by atoms with Gasteiger partial charge in [-0.1, -0.05) is 0 Å². The van der Waals surface area contributed by atoms with Crippen molar-refractivity contribution in [3.8, 4) is 0 Å². The van der Waals surface area contributed by atoms with E-state index in [2.05, 4.69) is 10.3 Å². The van der Waals surface area contributed by atoms with E-state index in [1.54, 1.807) is 0 Å². The maximum atomic E-state index is 10.7. The summed E-state index contributed by atoms with van der Waals surface area (Å²) in [6, 6.07) is 2.52. The van der Waals surface area contributed by atoms with E-state index in [9.17, 15) is 14.9 Å². The molecule has 0 fully saturated rings. The minimum atomic E-state index is -1.13. The molecule has 0 aliphatic rings. The Kier molecular flexibility index (Phi) is 4.38. The number of nitrogens with two attached hydrogens (primary N) is 1. The molecule has 1 aromatic rings. The number of hydrogen-bond acceptors (Lipinski definition) is 7. The normalized spacial score (nSPS) is 11.8. The number of aromatic nitrogens is 1. The Bertz CT molecular complexity index is 464. The van der Waals surface area contributed by atoms with Crippen LogP contribution < -0.4 is 11.1 Å². The fourth-order valence-electron chi connectivity index (χ4n) is 1.19. The first-order valence-corrected chi connectivity index (χ1v) is 4.86. The molecular weight excluding hydrogens is 244 g/mol. The van der Waals surface area contributed by atoms with E-state index < -0.39 is 17.0 Å². The summed E-state index contributed by atoms with van der Waals surface area (Å²) in [7, 11) is 1.26. The van der Waals surface area contributed by atoms with E-state index in [0.717, 1.165) is 0 Å². The Balaban J connectivity index is 2.72. The lowest BCUT2D eigenvalue weighted by molar-refractivity contribution is -0.384. The Labute approximate surface area is 102 Å². The Hall–Kier alpha value is -2.42. The van der Waals surface area contributed by atoms with Gasteiger partial charge in [0.15, 0.2) is 6.10 Å². The molecule has 1 aromatic heterocycles. The molecule has 0 spiro atoms. The number of carbonyl (C=O) groups is 1. The van der Waals surface area contributed by atoms with Crippen molar-refractivity contribution < 1.29 is 19.6 Å². The van der Waals surface area contributed by atoms with Crippen molar-refractivity contribution in [3.05, 3.63) is 22.2 Å². The molecule has 1 heterocycles. The van der Waals surface area contributed by atoms with Crippen LogP contribution in [0.2, 0.25) is 0 Å². The van der Waals surface area contributed by atoms with Gasteiger partial charge in [0.1, 0.15) is 5.82 Å². The van der Waals surface area contributed by atoms with Gasteiger partial charge in [0, 0.05) is 13.2 Å². The van der Waals surface area contributed by atoms with Gasteiger partial charge in [-0.05, 0) is 6.07 Å². The van der Waals surface area contributed by atoms with Gasteiger partial charge in [-0.3, -0.25) is 10.1 Å². The third-order valence-corrected chi connectivity index (χ3v) is 2.13. The molecule has 0 aromatic carbocycles. The predicted octanol–water partition coefficient (Wildman–Crippen LogP) is 0.0835. The summed E-state index contributed by atoms with van der Waals surface area (Å²) in [5.41, 5.74) is 5.08. The van der Waals surface area contributed by atoms with Crippen molar-refractivity contribution in [1.29, 1.82) is 0 Å². The molecule has 98 valence electrons. The van der Waals surface area contributed by atoms with Gasteiger partial charge in [-0.15, -0.1) is 0 Å². The number of carboxylic acid groups (broad SMARTS) is 1. The summed E-state index contributed by atoms with van der Waals surface area (Å²) >= 11 is 0. The predicted molar refractivity (Wildman–Crippen MR) is 62.2 cm³/mol. The number of ether oxygens (including phenoxy) is 1. The third-order valence-electron chi connectivity index (χ3n) is 2.13. The van der Waals surface area contributed by atoms with Crippen LogP contribution in [-0.4, -0.2) is 40.7 Å². The first-order chi connectivity index (χ1) is 8.45. The number of rotatable bonds is 6. The molecule has 1 atom stereocenters. The molecular formula is C9H12N4O5. The molecule has 9 nitrogen and oxygen atoms in total. The van der Waals surface area contributed by atoms with Crippen LogP contribution in [-0.2, 0) is 9.53 Å². The molecule has 0 saturated heterocycles. The van der Waals surface area contributed by atoms with Gasteiger partial charge in [0.25, 0.3) is 0 Å². The number of methoxy groups -OCH3 is 1. The molecule has 0 radical (unpaired) electrons. The molecule has 9 heteroatoms. The lowest BCUT2D eigenvalue weighted by Crippen LogP contribution is -2.30. The smallest absolute Gasteiger partial charge is 0.334 e. The molecule has 0 amide bonds. The first-order valence-electron chi connectivity index (χ1n) is 4.86. The van der Waals surface area contributed by atoms with Crippen molar-refractivity contribution in [2.45, 2.75) is 6.10 Å². The summed E-state index contributed by atoms with van der Waals surface area (Å²) in [6.45, 7) is -0.0317. The van der Waals surface area contributed by atoms with Crippen molar-refractivity contribution in [2.75, 3.05) is 24.7 Å². The average Bonchev–Trinajstić information content (AvgIpc) is 2.28. The van der Waals surface area contributed by atoms with Crippen LogP contribution in [0.4, 0.5) is 17.3 Å². The van der Waals surface area contributed by atoms with E-state index in [4.69, 9.17) is 15.6 Å². The van der Waals surface area contributed by atoms with Gasteiger partial charge in [0.2, 0.25) is 5.82 Å². The minimum absolute atomic E-state index is 0.0317. The highest BCUT2D eigenvalue weighted by Gasteiger charge is 2.17. The first kappa shape index (κ1) is 13.6. The average molecular weight is 256 g/mol. The SMILES string of the molecule is COC(CNc1ccc([N+](=O)[O-])c(N)n1)C(=O)O. The number of nitrogen functional groups attached to an aromatic ring is 1. The lowest BCUT2D eigenvalue weighted by Gasteiger charge is -2.11. The van der Waals surface area contributed by atoms with Crippen molar-refractivity contribution in [1.82, 2.24) is 4.98 Å². The standard InChI is InChI=1S/C9H12N4O5/c1-18-6(9(14)15)4-11-7-3-2-5(13(16)17)8(10)12-7/h2-3,6H,4H2,1H3,(H,14,15)(H3,10,11,12). The zero-order valence-electron chi connectivity index (χ0n) is 9.49. The van der Waals surface area contributed by atoms with Crippen molar-refractivity contribution >= 4 is 23.3 Å². The van der Waals surface area contributed by atoms with Gasteiger partial charge in [-0.25, -0.2) is 9.78 Å². The molecule has 1 rings (SSSR count). The van der Waals surface area contributed by atoms with Crippen molar-refractivity contribution in [3.63, 3.8) is 0 Å². The number of pyridine rings is 1. The number of carboxylic acids is 1. The van der Waals surface area contributed by atoms with Crippen LogP contribution in [0.1, 0.15) is 0 Å². The topological polar surface area (TPSA) is 141 Å². The lowest BCUT2D eigenvalue weighted by atomic mass is 10.3. The minimum Gasteiger partial charge on any atom is -0.479 e. The number of hydrogen-bond donors (Lipinski definition) is 3. The maximum Gasteiger partial charge on any atom is 0.334 e. The zero-order valence-corrected chi connectivity index (χ0v) is 9.49. The van der Waals surface area contributed by atoms with Crippen LogP contribution in [0.25, 0.3) is 0 Å². The second-order valence-corrected chi connectivity index (χ2v) is 3.30. The fourth-order valence-corrected chi connectivity index (χ4v) is 1.19. The van der Waals surface area contributed by atoms with E-state index in [1.807, 2.05) is 0 Å². The van der Waals surface area contributed by atoms with Crippen LogP contribution in [0.3, 0.4) is 0 Å². The van der Waals surface area contributed by atoms with E-state index in [-0.39, 0.29) is 23.9 Å². The summed E-state index contributed by atoms with van der Waals surface area (Å²) in [4.78, 5) is 24.2. The summed E-state index contributed by atoms with van der Waals surface area (Å²) in [6.07, 6.45) is -1.04. The highest BCUT2D eigenvalue weighted by Crippen LogP contribution is 2.20. The van der Waals surface area contributed by atoms with Gasteiger partial charge < -0.3 is 20.9 Å². The second kappa shape index (κ2) is 5.77. The number of nitrogens with one attached hydrogen (secondary N) is 1. The Morgan fingerprint density at radius 1 is 1.72 bits per heavy atom. The van der Waals surface area contributed by atoms with Crippen LogP contribution in [0.15, 0.2) is 12.1 Å². The molecule has 0 aliphatic carbocycles. The number of aliphatic carboxylic acids is 1. The highest BCUT2D eigenvalue weighted by molar-refractivity contribution is 5.73. The van der Waals surface area contributed by atoms with E-state index in [0.29, 0.717) is 0 Å². The van der Waals surface area contributed by atoms with Gasteiger partial charge >= 0.3 is 11.7 Å². The van der Waals surface area contributed by atoms with Crippen LogP contribution >= 0.6 is 0 Å². The highest BCUT2D eigenvalue weighted by atomic mass is 16.6. The fraction of sp³-hybridized carbons (Fsp3) is 0.333. The van der Waals surface area contributed by atoms with E-state index >= 15 is 0 Å². The number of nitrogens with zero attached hydrogens (tertiary/aromatic N) is 2. The summed E-state index contributed by atoms with van der Waals surface area (Å²) < 4.78 is 4.70. The van der Waals surface area contributed by atoms with E-state index in [1.165, 1.54) is 19.2 Å². The van der Waals surface area contributed by atoms with Crippen LogP contribution in [0.5, 0.6) is 0 Å². The van der Waals surface area contributed by atoms with Crippen molar-refractivity contribution in [2.24, 2.45) is 0 Å². The molecule has 0 saturated carbocycles. The summed E-state index contributed by atoms with van der Waals surface area (Å²) in [5.74, 6) is -1.13. The van der Waals surface area contributed by atoms with Crippen LogP contribution in [0, 0.1) is 10.1 Å². The zero-order chi connectivity index (χ0) is 13.7. The second-order valence-electron chi connectivity index (χ2n) is 3.30. The Morgan fingerprint density at radius 2 is 2.39 bits per heavy atom. The maximum absolute atomic E-state index is 10.7. The number of anilines is 2. The monoisotopic (exact) mass is 256 g/mol. The number of nitro groups is 1. The largest absolute Gasteiger partial charge is 0.479 e. The molecule has 0 bridgehead atoms. The Morgan fingerprint density at radius 3 is 2.83 bits per heavy atom. The third kappa shape index (κ3) is 3.28. The quantitative estimate of drug-likeness (QED) is 0.480. The molecule has 18 heavy (non-hydrogen) atoms. The molecule has 0 aliphatic heterocycles. The molecule has 4 N–H and O–H groups in total. The summed E-state index contributed by atoms with van der Waals surface area (Å²) in [5, 5.41) is 21.9.